The number of ether oxygens (including phenoxy) is 1. The summed E-state index contributed by atoms with van der Waals surface area (Å²) in [7, 11) is 4.80. The maximum atomic E-state index is 13.0. The molecule has 0 fully saturated rings. The summed E-state index contributed by atoms with van der Waals surface area (Å²) in [5.41, 5.74) is 4.20. The van der Waals surface area contributed by atoms with Crippen molar-refractivity contribution in [3.63, 3.8) is 0 Å². The maximum absolute atomic E-state index is 13.0. The highest BCUT2D eigenvalue weighted by molar-refractivity contribution is 6.12. The SMILES string of the molecule is COc1ccc(C(=O)Nc2cccc(-c3ccc(C(=O)NO)cc3)c2C(=O)N(C)C)cc1. The Hall–Kier alpha value is -4.17. The van der Waals surface area contributed by atoms with Crippen LogP contribution in [0.5, 0.6) is 5.75 Å². The minimum Gasteiger partial charge on any atom is -0.497 e. The second kappa shape index (κ2) is 9.76. The highest BCUT2D eigenvalue weighted by Crippen LogP contribution is 2.31. The monoisotopic (exact) mass is 433 g/mol. The zero-order valence-corrected chi connectivity index (χ0v) is 17.9. The summed E-state index contributed by atoms with van der Waals surface area (Å²) in [6, 6.07) is 18.2. The molecule has 0 aliphatic carbocycles. The van der Waals surface area contributed by atoms with Gasteiger partial charge >= 0.3 is 0 Å². The average Bonchev–Trinajstić information content (AvgIpc) is 2.83. The Morgan fingerprint density at radius 2 is 1.44 bits per heavy atom. The Balaban J connectivity index is 2.02. The summed E-state index contributed by atoms with van der Waals surface area (Å²) in [6.45, 7) is 0. The molecule has 0 heterocycles. The van der Waals surface area contributed by atoms with Crippen molar-refractivity contribution in [2.45, 2.75) is 0 Å². The van der Waals surface area contributed by atoms with Crippen LogP contribution in [0.2, 0.25) is 0 Å². The van der Waals surface area contributed by atoms with Crippen LogP contribution in [-0.4, -0.2) is 49.0 Å². The lowest BCUT2D eigenvalue weighted by Crippen LogP contribution is -2.25. The summed E-state index contributed by atoms with van der Waals surface area (Å²) in [5.74, 6) is -0.664. The molecule has 32 heavy (non-hydrogen) atoms. The van der Waals surface area contributed by atoms with Crippen molar-refractivity contribution in [3.8, 4) is 16.9 Å². The van der Waals surface area contributed by atoms with Crippen molar-refractivity contribution in [1.29, 1.82) is 0 Å². The predicted octanol–water partition coefficient (Wildman–Crippen LogP) is 3.44. The fourth-order valence-corrected chi connectivity index (χ4v) is 3.15. The molecule has 3 N–H and O–H groups in total. The third-order valence-electron chi connectivity index (χ3n) is 4.84. The van der Waals surface area contributed by atoms with Crippen molar-refractivity contribution >= 4 is 23.4 Å². The van der Waals surface area contributed by atoms with Crippen LogP contribution in [0.4, 0.5) is 5.69 Å². The largest absolute Gasteiger partial charge is 0.497 e. The van der Waals surface area contributed by atoms with Crippen LogP contribution < -0.4 is 15.5 Å². The van der Waals surface area contributed by atoms with E-state index in [9.17, 15) is 14.4 Å². The second-order valence-electron chi connectivity index (χ2n) is 7.13. The first-order valence-corrected chi connectivity index (χ1v) is 9.70. The number of anilines is 1. The smallest absolute Gasteiger partial charge is 0.274 e. The summed E-state index contributed by atoms with van der Waals surface area (Å²) >= 11 is 0. The van der Waals surface area contributed by atoms with Crippen molar-refractivity contribution < 1.29 is 24.3 Å². The van der Waals surface area contributed by atoms with Gasteiger partial charge in [-0.1, -0.05) is 24.3 Å². The highest BCUT2D eigenvalue weighted by atomic mass is 16.5. The predicted molar refractivity (Wildman–Crippen MR) is 120 cm³/mol. The molecule has 3 rings (SSSR count). The number of carbonyl (C=O) groups excluding carboxylic acids is 3. The van der Waals surface area contributed by atoms with Crippen LogP contribution in [0.15, 0.2) is 66.7 Å². The summed E-state index contributed by atoms with van der Waals surface area (Å²) in [5, 5.41) is 11.6. The lowest BCUT2D eigenvalue weighted by atomic mass is 9.96. The molecule has 0 saturated carbocycles. The van der Waals surface area contributed by atoms with Gasteiger partial charge in [-0.15, -0.1) is 0 Å². The Labute approximate surface area is 185 Å². The lowest BCUT2D eigenvalue weighted by Gasteiger charge is -2.19. The minimum absolute atomic E-state index is 0.265. The first-order chi connectivity index (χ1) is 15.3. The second-order valence-corrected chi connectivity index (χ2v) is 7.13. The van der Waals surface area contributed by atoms with Gasteiger partial charge < -0.3 is 15.0 Å². The molecule has 0 bridgehead atoms. The van der Waals surface area contributed by atoms with E-state index in [0.29, 0.717) is 33.7 Å². The van der Waals surface area contributed by atoms with Crippen LogP contribution in [0, 0.1) is 0 Å². The molecule has 0 spiro atoms. The van der Waals surface area contributed by atoms with Crippen molar-refractivity contribution in [1.82, 2.24) is 10.4 Å². The zero-order chi connectivity index (χ0) is 23.3. The molecule has 3 aromatic carbocycles. The van der Waals surface area contributed by atoms with E-state index in [2.05, 4.69) is 5.32 Å². The van der Waals surface area contributed by atoms with E-state index in [1.54, 1.807) is 81.3 Å². The van der Waals surface area contributed by atoms with E-state index in [4.69, 9.17) is 9.94 Å². The molecule has 8 heteroatoms. The van der Waals surface area contributed by atoms with E-state index in [0.717, 1.165) is 0 Å². The third-order valence-corrected chi connectivity index (χ3v) is 4.84. The van der Waals surface area contributed by atoms with Crippen LogP contribution in [0.25, 0.3) is 11.1 Å². The molecular weight excluding hydrogens is 410 g/mol. The van der Waals surface area contributed by atoms with Crippen LogP contribution in [-0.2, 0) is 0 Å². The first kappa shape index (κ1) is 22.5. The van der Waals surface area contributed by atoms with Gasteiger partial charge in [-0.05, 0) is 53.6 Å². The molecule has 0 radical (unpaired) electrons. The number of methoxy groups -OCH3 is 1. The number of carbonyl (C=O) groups is 3. The third kappa shape index (κ3) is 4.76. The van der Waals surface area contributed by atoms with Gasteiger partial charge in [0.1, 0.15) is 5.75 Å². The standard InChI is InChI=1S/C24H23N3O5/c1-27(2)24(30)21-19(15-7-9-17(10-8-15)23(29)26-31)5-4-6-20(21)25-22(28)16-11-13-18(32-3)14-12-16/h4-14,31H,1-3H3,(H,25,28)(H,26,29). The van der Waals surface area contributed by atoms with Crippen LogP contribution in [0.1, 0.15) is 31.1 Å². The fourth-order valence-electron chi connectivity index (χ4n) is 3.15. The molecule has 8 nitrogen and oxygen atoms in total. The molecular formula is C24H23N3O5. The number of nitrogens with zero attached hydrogens (tertiary/aromatic N) is 1. The topological polar surface area (TPSA) is 108 Å². The molecule has 0 saturated heterocycles. The fraction of sp³-hybridized carbons (Fsp3) is 0.125. The molecule has 3 amide bonds. The highest BCUT2D eigenvalue weighted by Gasteiger charge is 2.21. The van der Waals surface area contributed by atoms with Crippen molar-refractivity contribution in [2.24, 2.45) is 0 Å². The van der Waals surface area contributed by atoms with Gasteiger partial charge in [0.05, 0.1) is 18.4 Å². The zero-order valence-electron chi connectivity index (χ0n) is 17.9. The Morgan fingerprint density at radius 3 is 2.00 bits per heavy atom. The van der Waals surface area contributed by atoms with E-state index < -0.39 is 5.91 Å². The van der Waals surface area contributed by atoms with Crippen LogP contribution >= 0.6 is 0 Å². The Kier molecular flexibility index (Phi) is 6.87. The molecule has 0 aliphatic rings. The Morgan fingerprint density at radius 1 is 0.844 bits per heavy atom. The average molecular weight is 433 g/mol. The number of hydroxylamine groups is 1. The van der Waals surface area contributed by atoms with Crippen LogP contribution in [0.3, 0.4) is 0 Å². The number of nitrogens with one attached hydrogen (secondary N) is 2. The van der Waals surface area contributed by atoms with Gasteiger partial charge in [0.15, 0.2) is 0 Å². The van der Waals surface area contributed by atoms with Gasteiger partial charge in [0.2, 0.25) is 0 Å². The number of amides is 3. The van der Waals surface area contributed by atoms with Gasteiger partial charge in [-0.2, -0.15) is 0 Å². The van der Waals surface area contributed by atoms with Crippen molar-refractivity contribution in [3.05, 3.63) is 83.4 Å². The first-order valence-electron chi connectivity index (χ1n) is 9.70. The van der Waals surface area contributed by atoms with Gasteiger partial charge in [-0.3, -0.25) is 19.6 Å². The summed E-state index contributed by atoms with van der Waals surface area (Å²) in [4.78, 5) is 38.9. The van der Waals surface area contributed by atoms with Gasteiger partial charge in [0.25, 0.3) is 17.7 Å². The van der Waals surface area contributed by atoms with Gasteiger partial charge in [0, 0.05) is 25.2 Å². The normalized spacial score (nSPS) is 10.2. The molecule has 0 unspecified atom stereocenters. The van der Waals surface area contributed by atoms with Gasteiger partial charge in [-0.25, -0.2) is 5.48 Å². The molecule has 164 valence electrons. The quantitative estimate of drug-likeness (QED) is 0.408. The summed E-state index contributed by atoms with van der Waals surface area (Å²) < 4.78 is 5.12. The Bertz CT molecular complexity index is 1140. The maximum Gasteiger partial charge on any atom is 0.274 e. The molecule has 0 atom stereocenters. The number of rotatable bonds is 6. The summed E-state index contributed by atoms with van der Waals surface area (Å²) in [6.07, 6.45) is 0. The van der Waals surface area contributed by atoms with E-state index in [-0.39, 0.29) is 17.4 Å². The molecule has 0 aromatic heterocycles. The minimum atomic E-state index is -0.637. The van der Waals surface area contributed by atoms with E-state index in [1.807, 2.05) is 0 Å². The molecule has 0 aliphatic heterocycles. The molecule has 3 aromatic rings. The van der Waals surface area contributed by atoms with Crippen molar-refractivity contribution in [2.75, 3.05) is 26.5 Å². The van der Waals surface area contributed by atoms with E-state index in [1.165, 1.54) is 17.0 Å². The lowest BCUT2D eigenvalue weighted by molar-refractivity contribution is 0.0706. The number of hydrogen-bond donors (Lipinski definition) is 3. The van der Waals surface area contributed by atoms with E-state index >= 15 is 0 Å². The number of benzene rings is 3. The number of hydrogen-bond acceptors (Lipinski definition) is 5.